The van der Waals surface area contributed by atoms with Crippen molar-refractivity contribution in [2.75, 3.05) is 26.8 Å². The number of nitrogens with zero attached hydrogens (tertiary/aromatic N) is 1. The molecule has 2 aliphatic rings. The number of carbonyl (C=O) groups excluding carboxylic acids is 5. The maximum Gasteiger partial charge on any atom is 0.328 e. The van der Waals surface area contributed by atoms with Crippen LogP contribution in [0.1, 0.15) is 41.0 Å². The first kappa shape index (κ1) is 27.5. The van der Waals surface area contributed by atoms with Crippen molar-refractivity contribution in [3.05, 3.63) is 0 Å². The Morgan fingerprint density at radius 1 is 1.09 bits per heavy atom. The van der Waals surface area contributed by atoms with E-state index in [1.165, 1.54) is 18.9 Å². The summed E-state index contributed by atoms with van der Waals surface area (Å²) in [7, 11) is 1.23. The number of morpholine rings is 1. The molecule has 2 heterocycles. The average molecular weight is 485 g/mol. The van der Waals surface area contributed by atoms with Crippen LogP contribution < -0.4 is 16.0 Å². The molecule has 12 heteroatoms. The zero-order chi connectivity index (χ0) is 25.6. The summed E-state index contributed by atoms with van der Waals surface area (Å²) in [5.41, 5.74) is 0. The zero-order valence-corrected chi connectivity index (χ0v) is 20.6. The molecule has 2 aliphatic heterocycles. The average Bonchev–Trinajstić information content (AvgIpc) is 3.14. The molecule has 0 saturated carbocycles. The van der Waals surface area contributed by atoms with Crippen LogP contribution in [0, 0.1) is 11.8 Å². The number of hydrogen-bond donors (Lipinski definition) is 3. The smallest absolute Gasteiger partial charge is 0.328 e. The topological polar surface area (TPSA) is 152 Å². The van der Waals surface area contributed by atoms with E-state index < -0.39 is 54.7 Å². The fraction of sp³-hybridized carbons (Fsp3) is 0.773. The maximum atomic E-state index is 13.3. The molecule has 0 aromatic rings. The van der Waals surface area contributed by atoms with Gasteiger partial charge < -0.3 is 35.1 Å². The van der Waals surface area contributed by atoms with Gasteiger partial charge in [0.25, 0.3) is 0 Å². The van der Waals surface area contributed by atoms with Gasteiger partial charge in [0, 0.05) is 6.92 Å². The first-order chi connectivity index (χ1) is 15.9. The van der Waals surface area contributed by atoms with Crippen molar-refractivity contribution in [2.24, 2.45) is 11.8 Å². The summed E-state index contributed by atoms with van der Waals surface area (Å²) in [5, 5.41) is 7.70. The number of ether oxygens (including phenoxy) is 3. The molecule has 2 bridgehead atoms. The van der Waals surface area contributed by atoms with Gasteiger partial charge in [0.15, 0.2) is 12.3 Å². The van der Waals surface area contributed by atoms with Crippen molar-refractivity contribution >= 4 is 29.6 Å². The van der Waals surface area contributed by atoms with Gasteiger partial charge in [0.05, 0.1) is 26.8 Å². The van der Waals surface area contributed by atoms with Crippen LogP contribution in [-0.2, 0) is 38.2 Å². The summed E-state index contributed by atoms with van der Waals surface area (Å²) in [6.07, 6.45) is -0.995. The van der Waals surface area contributed by atoms with E-state index in [0.717, 1.165) is 0 Å². The van der Waals surface area contributed by atoms with E-state index in [9.17, 15) is 24.0 Å². The van der Waals surface area contributed by atoms with Crippen molar-refractivity contribution in [1.29, 1.82) is 0 Å². The molecule has 12 nitrogen and oxygen atoms in total. The summed E-state index contributed by atoms with van der Waals surface area (Å²) < 4.78 is 15.9. The van der Waals surface area contributed by atoms with Crippen LogP contribution in [0.2, 0.25) is 0 Å². The molecule has 2 saturated heterocycles. The van der Waals surface area contributed by atoms with Gasteiger partial charge in [0.2, 0.25) is 23.6 Å². The summed E-state index contributed by atoms with van der Waals surface area (Å²) in [6.45, 7) is 8.62. The lowest BCUT2D eigenvalue weighted by molar-refractivity contribution is -0.176. The van der Waals surface area contributed by atoms with E-state index in [0.29, 0.717) is 6.42 Å². The second kappa shape index (κ2) is 12.1. The highest BCUT2D eigenvalue weighted by Crippen LogP contribution is 2.27. The molecule has 34 heavy (non-hydrogen) atoms. The van der Waals surface area contributed by atoms with Gasteiger partial charge in [-0.3, -0.25) is 19.2 Å². The Morgan fingerprint density at radius 3 is 2.32 bits per heavy atom. The molecular formula is C22H36N4O8. The molecule has 0 aromatic heterocycles. The highest BCUT2D eigenvalue weighted by molar-refractivity contribution is 5.94. The lowest BCUT2D eigenvalue weighted by atomic mass is 10.0. The molecule has 2 rings (SSSR count). The number of methoxy groups -OCH3 is 1. The summed E-state index contributed by atoms with van der Waals surface area (Å²) in [6, 6.07) is -2.81. The number of fused-ring (bicyclic) bond motifs is 2. The predicted molar refractivity (Wildman–Crippen MR) is 119 cm³/mol. The Balaban J connectivity index is 2.09. The third kappa shape index (κ3) is 7.13. The van der Waals surface area contributed by atoms with Crippen LogP contribution in [0.5, 0.6) is 0 Å². The number of esters is 1. The first-order valence-electron chi connectivity index (χ1n) is 11.4. The van der Waals surface area contributed by atoms with E-state index >= 15 is 0 Å². The normalized spacial score (nSPS) is 23.3. The second-order valence-corrected chi connectivity index (χ2v) is 9.31. The number of amides is 4. The highest BCUT2D eigenvalue weighted by atomic mass is 16.7. The Kier molecular flexibility index (Phi) is 9.80. The third-order valence-electron chi connectivity index (χ3n) is 5.56. The second-order valence-electron chi connectivity index (χ2n) is 9.31. The highest BCUT2D eigenvalue weighted by Gasteiger charge is 2.49. The van der Waals surface area contributed by atoms with E-state index in [1.807, 2.05) is 13.8 Å². The van der Waals surface area contributed by atoms with Crippen LogP contribution in [0.3, 0.4) is 0 Å². The summed E-state index contributed by atoms with van der Waals surface area (Å²) in [5.74, 6) is -2.68. The van der Waals surface area contributed by atoms with E-state index in [2.05, 4.69) is 16.0 Å². The fourth-order valence-corrected chi connectivity index (χ4v) is 3.96. The molecule has 5 atom stereocenters. The molecule has 4 amide bonds. The van der Waals surface area contributed by atoms with Gasteiger partial charge >= 0.3 is 5.97 Å². The zero-order valence-electron chi connectivity index (χ0n) is 20.6. The monoisotopic (exact) mass is 484 g/mol. The van der Waals surface area contributed by atoms with E-state index in [4.69, 9.17) is 14.2 Å². The molecule has 0 aliphatic carbocycles. The van der Waals surface area contributed by atoms with Crippen molar-refractivity contribution in [3.8, 4) is 0 Å². The van der Waals surface area contributed by atoms with Crippen LogP contribution in [0.15, 0.2) is 0 Å². The minimum atomic E-state index is -1.14. The van der Waals surface area contributed by atoms with Crippen molar-refractivity contribution in [3.63, 3.8) is 0 Å². The number of carbonyl (C=O) groups is 5. The van der Waals surface area contributed by atoms with E-state index in [-0.39, 0.29) is 37.0 Å². The minimum Gasteiger partial charge on any atom is -0.467 e. The number of nitrogens with one attached hydrogen (secondary N) is 3. The molecular weight excluding hydrogens is 448 g/mol. The standard InChI is InChI=1S/C22H36N4O8/c1-11(2)7-15(21(31)32-6)25-16(28)8-23-19(29)18-22-33-10-14(34-22)9-26(18)20(30)17(12(3)4)24-13(5)27/h11-12,14-15,17-18,22H,7-10H2,1-6H3,(H,23,29)(H,24,27)(H,25,28)/t14-,15-,17-,18-,22+/m0/s1. The Morgan fingerprint density at radius 2 is 1.76 bits per heavy atom. The summed E-state index contributed by atoms with van der Waals surface area (Å²) >= 11 is 0. The molecule has 0 aromatic carbocycles. The first-order valence-corrected chi connectivity index (χ1v) is 11.4. The van der Waals surface area contributed by atoms with Gasteiger partial charge in [-0.15, -0.1) is 0 Å². The van der Waals surface area contributed by atoms with E-state index in [1.54, 1.807) is 13.8 Å². The van der Waals surface area contributed by atoms with Gasteiger partial charge in [-0.05, 0) is 18.3 Å². The van der Waals surface area contributed by atoms with Crippen molar-refractivity contribution in [2.45, 2.75) is 71.6 Å². The van der Waals surface area contributed by atoms with Gasteiger partial charge in [0.1, 0.15) is 18.2 Å². The quantitative estimate of drug-likeness (QED) is 0.331. The SMILES string of the molecule is COC(=O)[C@H](CC(C)C)NC(=O)CNC(=O)[C@H]1[C@@H]2OC[C@H](CN1C(=O)[C@@H](NC(C)=O)C(C)C)O2. The number of hydrogen-bond acceptors (Lipinski definition) is 8. The van der Waals surface area contributed by atoms with Crippen LogP contribution in [0.4, 0.5) is 0 Å². The largest absolute Gasteiger partial charge is 0.467 e. The Hall–Kier alpha value is -2.73. The number of rotatable bonds is 10. The predicted octanol–water partition coefficient (Wildman–Crippen LogP) is -1.08. The molecule has 0 radical (unpaired) electrons. The minimum absolute atomic E-state index is 0.112. The van der Waals surface area contributed by atoms with Crippen LogP contribution in [-0.4, -0.2) is 91.8 Å². The van der Waals surface area contributed by atoms with Gasteiger partial charge in [-0.1, -0.05) is 27.7 Å². The van der Waals surface area contributed by atoms with Gasteiger partial charge in [-0.25, -0.2) is 4.79 Å². The molecule has 3 N–H and O–H groups in total. The van der Waals surface area contributed by atoms with Gasteiger partial charge in [-0.2, -0.15) is 0 Å². The van der Waals surface area contributed by atoms with Crippen LogP contribution in [0.25, 0.3) is 0 Å². The fourth-order valence-electron chi connectivity index (χ4n) is 3.96. The Labute approximate surface area is 199 Å². The third-order valence-corrected chi connectivity index (χ3v) is 5.56. The van der Waals surface area contributed by atoms with Crippen molar-refractivity contribution in [1.82, 2.24) is 20.9 Å². The van der Waals surface area contributed by atoms with Crippen LogP contribution >= 0.6 is 0 Å². The lowest BCUT2D eigenvalue weighted by Gasteiger charge is -2.40. The molecule has 0 spiro atoms. The maximum absolute atomic E-state index is 13.3. The molecule has 2 fully saturated rings. The van der Waals surface area contributed by atoms with Crippen molar-refractivity contribution < 1.29 is 38.2 Å². The summed E-state index contributed by atoms with van der Waals surface area (Å²) in [4.78, 5) is 63.7. The molecule has 0 unspecified atom stereocenters. The molecule has 192 valence electrons. The Bertz CT molecular complexity index is 787. The lowest BCUT2D eigenvalue weighted by Crippen LogP contribution is -2.64.